The van der Waals surface area contributed by atoms with Gasteiger partial charge in [0.15, 0.2) is 0 Å². The van der Waals surface area contributed by atoms with Crippen LogP contribution in [0, 0.1) is 0 Å². The highest BCUT2D eigenvalue weighted by Crippen LogP contribution is 2.28. The van der Waals surface area contributed by atoms with Crippen LogP contribution >= 0.6 is 12.4 Å². The molecule has 0 saturated heterocycles. The summed E-state index contributed by atoms with van der Waals surface area (Å²) in [5.41, 5.74) is 4.07. The maximum atomic E-state index is 11.5. The van der Waals surface area contributed by atoms with Crippen LogP contribution in [-0.2, 0) is 11.2 Å². The number of carbonyl (C=O) groups is 1. The number of carboxylic acid groups (broad SMARTS) is 1. The molecule has 0 saturated carbocycles. The number of aliphatic hydroxyl groups excluding tert-OH is 1. The topological polar surface area (TPSA) is 88.0 Å². The number of benzene rings is 3. The molecule has 0 bridgehead atoms. The number of halogens is 1. The molecular formula is C27H32ClNO5. The number of ether oxygens (including phenoxy) is 2. The van der Waals surface area contributed by atoms with Crippen LogP contribution < -0.4 is 10.1 Å². The summed E-state index contributed by atoms with van der Waals surface area (Å²) < 4.78 is 10.6. The highest BCUT2D eigenvalue weighted by Gasteiger charge is 2.14. The number of hydrogen-bond donors (Lipinski definition) is 3. The average Bonchev–Trinajstić information content (AvgIpc) is 2.83. The molecule has 0 spiro atoms. The first-order chi connectivity index (χ1) is 16.0. The van der Waals surface area contributed by atoms with Crippen LogP contribution in [0.15, 0.2) is 72.8 Å². The molecule has 2 atom stereocenters. The predicted molar refractivity (Wildman–Crippen MR) is 136 cm³/mol. The number of hydrogen-bond acceptors (Lipinski definition) is 5. The van der Waals surface area contributed by atoms with Crippen LogP contribution in [0.5, 0.6) is 5.75 Å². The quantitative estimate of drug-likeness (QED) is 0.321. The second-order valence-corrected chi connectivity index (χ2v) is 7.99. The molecule has 0 radical (unpaired) electrons. The molecular weight excluding hydrogens is 454 g/mol. The third kappa shape index (κ3) is 7.85. The molecule has 0 aliphatic carbocycles. The lowest BCUT2D eigenvalue weighted by molar-refractivity contribution is 0.0689. The fraction of sp³-hybridized carbons (Fsp3) is 0.296. The van der Waals surface area contributed by atoms with Crippen LogP contribution in [0.3, 0.4) is 0 Å². The highest BCUT2D eigenvalue weighted by atomic mass is 35.5. The number of nitrogens with one attached hydrogen (secondary N) is 1. The SMILES string of the molecule is COCCOc1cc(-c2ccc(C[C@@H](C)NC[C@H](O)c3ccccc3)cc2)ccc1C(=O)O.Cl. The van der Waals surface area contributed by atoms with Gasteiger partial charge in [0, 0.05) is 19.7 Å². The summed E-state index contributed by atoms with van der Waals surface area (Å²) in [7, 11) is 1.57. The van der Waals surface area contributed by atoms with Gasteiger partial charge in [0.05, 0.1) is 12.7 Å². The van der Waals surface area contributed by atoms with Crippen molar-refractivity contribution in [3.63, 3.8) is 0 Å². The lowest BCUT2D eigenvalue weighted by atomic mass is 9.99. The van der Waals surface area contributed by atoms with Gasteiger partial charge < -0.3 is 25.0 Å². The molecule has 3 N–H and O–H groups in total. The number of rotatable bonds is 12. The molecule has 7 heteroatoms. The Morgan fingerprint density at radius 2 is 1.65 bits per heavy atom. The minimum Gasteiger partial charge on any atom is -0.490 e. The lowest BCUT2D eigenvalue weighted by Crippen LogP contribution is -2.32. The van der Waals surface area contributed by atoms with E-state index in [9.17, 15) is 15.0 Å². The summed E-state index contributed by atoms with van der Waals surface area (Å²) in [6.45, 7) is 3.25. The molecule has 0 aliphatic rings. The van der Waals surface area contributed by atoms with E-state index in [2.05, 4.69) is 24.4 Å². The maximum Gasteiger partial charge on any atom is 0.339 e. The van der Waals surface area contributed by atoms with Gasteiger partial charge in [-0.2, -0.15) is 0 Å². The van der Waals surface area contributed by atoms with Gasteiger partial charge in [0.25, 0.3) is 0 Å². The van der Waals surface area contributed by atoms with Crippen molar-refractivity contribution in [1.82, 2.24) is 5.32 Å². The Morgan fingerprint density at radius 1 is 0.971 bits per heavy atom. The van der Waals surface area contributed by atoms with Crippen LogP contribution in [0.4, 0.5) is 0 Å². The van der Waals surface area contributed by atoms with E-state index in [4.69, 9.17) is 9.47 Å². The Morgan fingerprint density at radius 3 is 2.29 bits per heavy atom. The summed E-state index contributed by atoms with van der Waals surface area (Å²) in [5, 5.41) is 23.1. The Bertz CT molecular complexity index is 1030. The molecule has 34 heavy (non-hydrogen) atoms. The number of aliphatic hydroxyl groups is 1. The standard InChI is InChI=1S/C27H31NO5.ClH/c1-19(28-18-25(29)22-6-4-3-5-7-22)16-20-8-10-21(11-9-20)23-12-13-24(27(30)31)26(17-23)33-15-14-32-2;/h3-13,17,19,25,28-29H,14-16,18H2,1-2H3,(H,30,31);1H/t19-,25+;/m1./s1. The zero-order valence-corrected chi connectivity index (χ0v) is 20.3. The van der Waals surface area contributed by atoms with Crippen molar-refractivity contribution in [1.29, 1.82) is 0 Å². The lowest BCUT2D eigenvalue weighted by Gasteiger charge is -2.18. The van der Waals surface area contributed by atoms with E-state index >= 15 is 0 Å². The van der Waals surface area contributed by atoms with Crippen molar-refractivity contribution in [3.8, 4) is 16.9 Å². The highest BCUT2D eigenvalue weighted by molar-refractivity contribution is 5.92. The van der Waals surface area contributed by atoms with Gasteiger partial charge in [0.2, 0.25) is 0 Å². The van der Waals surface area contributed by atoms with E-state index in [1.807, 2.05) is 42.5 Å². The minimum absolute atomic E-state index is 0. The third-order valence-corrected chi connectivity index (χ3v) is 5.43. The molecule has 0 heterocycles. The van der Waals surface area contributed by atoms with E-state index in [1.165, 1.54) is 5.56 Å². The Hall–Kier alpha value is -2.90. The summed E-state index contributed by atoms with van der Waals surface area (Å²) in [6.07, 6.45) is 0.288. The summed E-state index contributed by atoms with van der Waals surface area (Å²) in [4.78, 5) is 11.5. The molecule has 0 unspecified atom stereocenters. The van der Waals surface area contributed by atoms with E-state index in [1.54, 1.807) is 25.3 Å². The van der Waals surface area contributed by atoms with Crippen molar-refractivity contribution < 1.29 is 24.5 Å². The molecule has 182 valence electrons. The second kappa shape index (κ2) is 13.7. The van der Waals surface area contributed by atoms with Crippen molar-refractivity contribution in [2.24, 2.45) is 0 Å². The zero-order valence-electron chi connectivity index (χ0n) is 19.4. The van der Waals surface area contributed by atoms with E-state index in [-0.39, 0.29) is 30.6 Å². The molecule has 0 aliphatic heterocycles. The second-order valence-electron chi connectivity index (χ2n) is 7.99. The van der Waals surface area contributed by atoms with Crippen molar-refractivity contribution in [2.75, 3.05) is 26.9 Å². The van der Waals surface area contributed by atoms with E-state index in [0.29, 0.717) is 18.9 Å². The molecule has 6 nitrogen and oxygen atoms in total. The molecule has 3 aromatic carbocycles. The van der Waals surface area contributed by atoms with E-state index in [0.717, 1.165) is 23.1 Å². The maximum absolute atomic E-state index is 11.5. The average molecular weight is 486 g/mol. The summed E-state index contributed by atoms with van der Waals surface area (Å²) in [6, 6.07) is 23.1. The van der Waals surface area contributed by atoms with Crippen molar-refractivity contribution in [2.45, 2.75) is 25.5 Å². The Labute approximate surface area is 207 Å². The number of methoxy groups -OCH3 is 1. The van der Waals surface area contributed by atoms with Crippen LogP contribution in [-0.4, -0.2) is 49.1 Å². The van der Waals surface area contributed by atoms with Crippen molar-refractivity contribution in [3.05, 3.63) is 89.5 Å². The molecule has 3 rings (SSSR count). The van der Waals surface area contributed by atoms with Gasteiger partial charge in [0.1, 0.15) is 17.9 Å². The summed E-state index contributed by atoms with van der Waals surface area (Å²) >= 11 is 0. The first kappa shape index (κ1) is 27.3. The number of aromatic carboxylic acids is 1. The summed E-state index contributed by atoms with van der Waals surface area (Å²) in [5.74, 6) is -0.695. The predicted octanol–water partition coefficient (Wildman–Crippen LogP) is 4.75. The normalized spacial score (nSPS) is 12.4. The first-order valence-corrected chi connectivity index (χ1v) is 11.0. The van der Waals surface area contributed by atoms with Gasteiger partial charge >= 0.3 is 5.97 Å². The zero-order chi connectivity index (χ0) is 23.6. The largest absolute Gasteiger partial charge is 0.490 e. The Balaban J connectivity index is 0.00000408. The Kier molecular flexibility index (Phi) is 11.0. The monoisotopic (exact) mass is 485 g/mol. The van der Waals surface area contributed by atoms with Crippen LogP contribution in [0.1, 0.15) is 34.5 Å². The molecule has 3 aromatic rings. The van der Waals surface area contributed by atoms with Gasteiger partial charge in [-0.05, 0) is 47.7 Å². The fourth-order valence-electron chi connectivity index (χ4n) is 3.60. The van der Waals surface area contributed by atoms with Gasteiger partial charge in [-0.25, -0.2) is 4.79 Å². The van der Waals surface area contributed by atoms with Crippen LogP contribution in [0.2, 0.25) is 0 Å². The number of carboxylic acids is 1. The van der Waals surface area contributed by atoms with Crippen molar-refractivity contribution >= 4 is 18.4 Å². The minimum atomic E-state index is -1.02. The third-order valence-electron chi connectivity index (χ3n) is 5.43. The first-order valence-electron chi connectivity index (χ1n) is 11.0. The van der Waals surface area contributed by atoms with Gasteiger partial charge in [-0.3, -0.25) is 0 Å². The van der Waals surface area contributed by atoms with E-state index < -0.39 is 12.1 Å². The smallest absolute Gasteiger partial charge is 0.339 e. The molecule has 0 fully saturated rings. The molecule has 0 aromatic heterocycles. The fourth-order valence-corrected chi connectivity index (χ4v) is 3.60. The van der Waals surface area contributed by atoms with Gasteiger partial charge in [-0.1, -0.05) is 60.7 Å². The van der Waals surface area contributed by atoms with Gasteiger partial charge in [-0.15, -0.1) is 12.4 Å². The van der Waals surface area contributed by atoms with Crippen LogP contribution in [0.25, 0.3) is 11.1 Å². The molecule has 0 amide bonds.